The van der Waals surface area contributed by atoms with Gasteiger partial charge in [0, 0.05) is 31.3 Å². The summed E-state index contributed by atoms with van der Waals surface area (Å²) in [5, 5.41) is 12.3. The van der Waals surface area contributed by atoms with Gasteiger partial charge >= 0.3 is 6.09 Å². The van der Waals surface area contributed by atoms with Crippen LogP contribution in [0.1, 0.15) is 41.6 Å². The number of nitrogens with zero attached hydrogens (tertiary/aromatic N) is 1. The number of rotatable bonds is 9. The van der Waals surface area contributed by atoms with Crippen molar-refractivity contribution < 1.29 is 23.8 Å². The first-order valence-electron chi connectivity index (χ1n) is 10.7. The van der Waals surface area contributed by atoms with Crippen molar-refractivity contribution in [1.29, 1.82) is 0 Å². The standard InChI is InChI=1S/C24H29FN2O4/c25-21-10-8-20(9-11-21)23(28)26-22(19-12-14-27(15-13-19)24(29)30)7-4-16-31-17-18-5-2-1-3-6-18/h1-3,5-6,8-11,19,22H,4,7,12-17H2,(H,26,28)(H,29,30)/t22-/m1/s1. The Labute approximate surface area is 182 Å². The highest BCUT2D eigenvalue weighted by atomic mass is 19.1. The highest BCUT2D eigenvalue weighted by molar-refractivity contribution is 5.94. The highest BCUT2D eigenvalue weighted by Crippen LogP contribution is 2.24. The van der Waals surface area contributed by atoms with Crippen LogP contribution in [0.2, 0.25) is 0 Å². The zero-order valence-corrected chi connectivity index (χ0v) is 17.5. The molecule has 0 aliphatic carbocycles. The van der Waals surface area contributed by atoms with Gasteiger partial charge in [0.15, 0.2) is 0 Å². The zero-order chi connectivity index (χ0) is 22.1. The van der Waals surface area contributed by atoms with Crippen LogP contribution in [0.5, 0.6) is 0 Å². The molecule has 7 heteroatoms. The van der Waals surface area contributed by atoms with Gasteiger partial charge in [-0.05, 0) is 61.4 Å². The topological polar surface area (TPSA) is 78.9 Å². The van der Waals surface area contributed by atoms with Crippen LogP contribution in [-0.4, -0.2) is 47.7 Å². The van der Waals surface area contributed by atoms with E-state index in [-0.39, 0.29) is 23.7 Å². The third-order valence-electron chi connectivity index (χ3n) is 5.72. The second-order valence-corrected chi connectivity index (χ2v) is 7.87. The van der Waals surface area contributed by atoms with Crippen molar-refractivity contribution in [3.63, 3.8) is 0 Å². The molecule has 0 aromatic heterocycles. The number of piperidine rings is 1. The summed E-state index contributed by atoms with van der Waals surface area (Å²) in [5.74, 6) is -0.435. The molecule has 6 nitrogen and oxygen atoms in total. The molecule has 1 saturated heterocycles. The summed E-state index contributed by atoms with van der Waals surface area (Å²) in [4.78, 5) is 25.3. The Morgan fingerprint density at radius 3 is 2.42 bits per heavy atom. The maximum atomic E-state index is 13.2. The molecule has 1 heterocycles. The number of carbonyl (C=O) groups excluding carboxylic acids is 1. The molecule has 0 bridgehead atoms. The minimum Gasteiger partial charge on any atom is -0.465 e. The average Bonchev–Trinajstić information content (AvgIpc) is 2.79. The third kappa shape index (κ3) is 7.07. The first kappa shape index (κ1) is 22.7. The van der Waals surface area contributed by atoms with Gasteiger partial charge in [0.25, 0.3) is 5.91 Å². The maximum Gasteiger partial charge on any atom is 0.407 e. The number of ether oxygens (including phenoxy) is 1. The summed E-state index contributed by atoms with van der Waals surface area (Å²) in [6.45, 7) is 2.05. The number of nitrogens with one attached hydrogen (secondary N) is 1. The van der Waals surface area contributed by atoms with E-state index in [2.05, 4.69) is 5.32 Å². The maximum absolute atomic E-state index is 13.2. The molecule has 0 unspecified atom stereocenters. The summed E-state index contributed by atoms with van der Waals surface area (Å²) in [6.07, 6.45) is 2.01. The molecular weight excluding hydrogens is 399 g/mol. The van der Waals surface area contributed by atoms with Crippen LogP contribution < -0.4 is 5.32 Å². The number of amides is 2. The molecule has 0 radical (unpaired) electrons. The monoisotopic (exact) mass is 428 g/mol. The van der Waals surface area contributed by atoms with E-state index in [1.54, 1.807) is 0 Å². The van der Waals surface area contributed by atoms with Gasteiger partial charge in [0.1, 0.15) is 5.82 Å². The van der Waals surface area contributed by atoms with E-state index in [4.69, 9.17) is 4.74 Å². The van der Waals surface area contributed by atoms with Crippen LogP contribution in [0.4, 0.5) is 9.18 Å². The van der Waals surface area contributed by atoms with Crippen LogP contribution in [0, 0.1) is 11.7 Å². The molecule has 0 spiro atoms. The van der Waals surface area contributed by atoms with Crippen LogP contribution in [-0.2, 0) is 11.3 Å². The molecule has 2 N–H and O–H groups in total. The van der Waals surface area contributed by atoms with Crippen LogP contribution >= 0.6 is 0 Å². The average molecular weight is 429 g/mol. The summed E-state index contributed by atoms with van der Waals surface area (Å²) in [6, 6.07) is 15.3. The Kier molecular flexibility index (Phi) is 8.41. The summed E-state index contributed by atoms with van der Waals surface area (Å²) in [7, 11) is 0. The zero-order valence-electron chi connectivity index (χ0n) is 17.5. The molecule has 3 rings (SSSR count). The van der Waals surface area contributed by atoms with E-state index >= 15 is 0 Å². The van der Waals surface area contributed by atoms with Crippen molar-refractivity contribution in [1.82, 2.24) is 10.2 Å². The Bertz CT molecular complexity index is 836. The lowest BCUT2D eigenvalue weighted by Crippen LogP contribution is -2.46. The fourth-order valence-electron chi connectivity index (χ4n) is 3.94. The van der Waals surface area contributed by atoms with Crippen LogP contribution in [0.15, 0.2) is 54.6 Å². The predicted octanol–water partition coefficient (Wildman–Crippen LogP) is 4.31. The number of hydrogen-bond acceptors (Lipinski definition) is 3. The molecule has 1 atom stereocenters. The summed E-state index contributed by atoms with van der Waals surface area (Å²) < 4.78 is 18.9. The minimum atomic E-state index is -0.903. The van der Waals surface area contributed by atoms with Gasteiger partial charge in [-0.3, -0.25) is 4.79 Å². The van der Waals surface area contributed by atoms with E-state index in [0.29, 0.717) is 44.7 Å². The molecule has 1 aliphatic heterocycles. The van der Waals surface area contributed by atoms with E-state index in [1.807, 2.05) is 30.3 Å². The highest BCUT2D eigenvalue weighted by Gasteiger charge is 2.29. The van der Waals surface area contributed by atoms with Gasteiger partial charge in [0.2, 0.25) is 0 Å². The van der Waals surface area contributed by atoms with Crippen molar-refractivity contribution >= 4 is 12.0 Å². The van der Waals surface area contributed by atoms with E-state index in [0.717, 1.165) is 18.4 Å². The van der Waals surface area contributed by atoms with E-state index in [9.17, 15) is 19.1 Å². The lowest BCUT2D eigenvalue weighted by atomic mass is 9.86. The van der Waals surface area contributed by atoms with Gasteiger partial charge in [-0.2, -0.15) is 0 Å². The molecule has 2 aromatic carbocycles. The molecule has 1 aliphatic rings. The molecular formula is C24H29FN2O4. The van der Waals surface area contributed by atoms with Gasteiger partial charge in [-0.1, -0.05) is 30.3 Å². The largest absolute Gasteiger partial charge is 0.465 e. The SMILES string of the molecule is O=C(N[C@H](CCCOCc1ccccc1)C1CCN(C(=O)O)CC1)c1ccc(F)cc1. The Balaban J connectivity index is 1.54. The lowest BCUT2D eigenvalue weighted by molar-refractivity contribution is 0.0839. The molecule has 31 heavy (non-hydrogen) atoms. The fourth-order valence-corrected chi connectivity index (χ4v) is 3.94. The first-order valence-corrected chi connectivity index (χ1v) is 10.7. The molecule has 166 valence electrons. The van der Waals surface area contributed by atoms with Crippen molar-refractivity contribution in [2.45, 2.75) is 38.3 Å². The normalized spacial score (nSPS) is 15.5. The summed E-state index contributed by atoms with van der Waals surface area (Å²) in [5.41, 5.74) is 1.53. The molecule has 2 aromatic rings. The third-order valence-corrected chi connectivity index (χ3v) is 5.72. The number of likely N-dealkylation sites (tertiary alicyclic amines) is 1. The van der Waals surface area contributed by atoms with Crippen LogP contribution in [0.25, 0.3) is 0 Å². The van der Waals surface area contributed by atoms with Crippen molar-refractivity contribution in [2.75, 3.05) is 19.7 Å². The quantitative estimate of drug-likeness (QED) is 0.584. The Morgan fingerprint density at radius 2 is 1.77 bits per heavy atom. The van der Waals surface area contributed by atoms with Gasteiger partial charge in [0.05, 0.1) is 6.61 Å². The Morgan fingerprint density at radius 1 is 1.10 bits per heavy atom. The fraction of sp³-hybridized carbons (Fsp3) is 0.417. The van der Waals surface area contributed by atoms with Gasteiger partial charge in [-0.15, -0.1) is 0 Å². The summed E-state index contributed by atoms with van der Waals surface area (Å²) >= 11 is 0. The smallest absolute Gasteiger partial charge is 0.407 e. The van der Waals surface area contributed by atoms with E-state index in [1.165, 1.54) is 29.2 Å². The predicted molar refractivity (Wildman–Crippen MR) is 115 cm³/mol. The van der Waals surface area contributed by atoms with Crippen molar-refractivity contribution in [2.24, 2.45) is 5.92 Å². The number of hydrogen-bond donors (Lipinski definition) is 2. The Hall–Kier alpha value is -2.93. The second-order valence-electron chi connectivity index (χ2n) is 7.87. The number of benzene rings is 2. The first-order chi connectivity index (χ1) is 15.0. The molecule has 2 amide bonds. The second kappa shape index (κ2) is 11.5. The molecule has 0 saturated carbocycles. The minimum absolute atomic E-state index is 0.0891. The molecule has 1 fully saturated rings. The van der Waals surface area contributed by atoms with Crippen molar-refractivity contribution in [3.05, 3.63) is 71.5 Å². The van der Waals surface area contributed by atoms with E-state index < -0.39 is 6.09 Å². The number of halogens is 1. The van der Waals surface area contributed by atoms with Gasteiger partial charge < -0.3 is 20.1 Å². The lowest BCUT2D eigenvalue weighted by Gasteiger charge is -2.35. The van der Waals surface area contributed by atoms with Crippen molar-refractivity contribution in [3.8, 4) is 0 Å². The number of carboxylic acid groups (broad SMARTS) is 1. The number of carbonyl (C=O) groups is 2. The van der Waals surface area contributed by atoms with Crippen LogP contribution in [0.3, 0.4) is 0 Å². The van der Waals surface area contributed by atoms with Gasteiger partial charge in [-0.25, -0.2) is 9.18 Å².